The van der Waals surface area contributed by atoms with Crippen LogP contribution in [0.5, 0.6) is 0 Å². The number of fused-ring (bicyclic) bond motifs is 1. The van der Waals surface area contributed by atoms with Crippen molar-refractivity contribution in [2.24, 2.45) is 0 Å². The molecule has 140 valence electrons. The maximum Gasteiger partial charge on any atom is 0.424 e. The van der Waals surface area contributed by atoms with Crippen molar-refractivity contribution in [3.05, 3.63) is 70.2 Å². The lowest BCUT2D eigenvalue weighted by atomic mass is 10.1. The SMILES string of the molecule is CC(=O)Nc1cc(-n2c(=O)oc3cnc(-c4cc(Cl)ccc4F)cc32)ccn1. The maximum absolute atomic E-state index is 14.2. The lowest BCUT2D eigenvalue weighted by molar-refractivity contribution is -0.114. The third kappa shape index (κ3) is 3.25. The van der Waals surface area contributed by atoms with Gasteiger partial charge in [-0.05, 0) is 30.3 Å². The van der Waals surface area contributed by atoms with Gasteiger partial charge in [0.25, 0.3) is 0 Å². The van der Waals surface area contributed by atoms with Gasteiger partial charge in [0.1, 0.15) is 11.6 Å². The summed E-state index contributed by atoms with van der Waals surface area (Å²) in [5.41, 5.74) is 1.52. The molecule has 28 heavy (non-hydrogen) atoms. The minimum absolute atomic E-state index is 0.197. The summed E-state index contributed by atoms with van der Waals surface area (Å²) in [6.07, 6.45) is 2.80. The Labute approximate surface area is 162 Å². The number of oxazole rings is 1. The number of amides is 1. The number of carbonyl (C=O) groups excluding carboxylic acids is 1. The molecule has 1 amide bonds. The molecule has 0 aliphatic heterocycles. The van der Waals surface area contributed by atoms with E-state index >= 15 is 0 Å². The normalized spacial score (nSPS) is 11.0. The summed E-state index contributed by atoms with van der Waals surface area (Å²) in [5, 5.41) is 2.91. The van der Waals surface area contributed by atoms with Crippen LogP contribution in [-0.4, -0.2) is 20.4 Å². The predicted molar refractivity (Wildman–Crippen MR) is 102 cm³/mol. The molecular formula is C19H12ClFN4O3. The predicted octanol–water partition coefficient (Wildman–Crippen LogP) is 3.79. The molecule has 0 saturated carbocycles. The number of hydrogen-bond donors (Lipinski definition) is 1. The lowest BCUT2D eigenvalue weighted by Crippen LogP contribution is -2.13. The van der Waals surface area contributed by atoms with Gasteiger partial charge in [-0.25, -0.2) is 18.7 Å². The second-order valence-electron chi connectivity index (χ2n) is 5.95. The summed E-state index contributed by atoms with van der Waals surface area (Å²) < 4.78 is 20.7. The number of pyridine rings is 2. The molecule has 0 bridgehead atoms. The van der Waals surface area contributed by atoms with Crippen molar-refractivity contribution >= 4 is 34.4 Å². The summed E-state index contributed by atoms with van der Waals surface area (Å²) in [5.74, 6) is -1.16. The highest BCUT2D eigenvalue weighted by Crippen LogP contribution is 2.27. The zero-order chi connectivity index (χ0) is 19.8. The van der Waals surface area contributed by atoms with Crippen molar-refractivity contribution in [1.29, 1.82) is 0 Å². The third-order valence-electron chi connectivity index (χ3n) is 3.98. The van der Waals surface area contributed by atoms with Crippen LogP contribution >= 0.6 is 11.6 Å². The van der Waals surface area contributed by atoms with Crippen molar-refractivity contribution in [1.82, 2.24) is 14.5 Å². The summed E-state index contributed by atoms with van der Waals surface area (Å²) in [4.78, 5) is 31.9. The summed E-state index contributed by atoms with van der Waals surface area (Å²) in [6, 6.07) is 8.78. The van der Waals surface area contributed by atoms with E-state index in [0.29, 0.717) is 16.2 Å². The number of anilines is 1. The van der Waals surface area contributed by atoms with E-state index < -0.39 is 11.6 Å². The van der Waals surface area contributed by atoms with Crippen molar-refractivity contribution in [2.45, 2.75) is 6.92 Å². The molecule has 9 heteroatoms. The first-order valence-corrected chi connectivity index (χ1v) is 8.51. The number of aromatic nitrogens is 3. The average Bonchev–Trinajstić information content (AvgIpc) is 2.98. The Morgan fingerprint density at radius 2 is 2.04 bits per heavy atom. The zero-order valence-electron chi connectivity index (χ0n) is 14.4. The highest BCUT2D eigenvalue weighted by Gasteiger charge is 2.16. The molecule has 0 atom stereocenters. The Kier molecular flexibility index (Phi) is 4.40. The van der Waals surface area contributed by atoms with E-state index in [0.717, 1.165) is 0 Å². The van der Waals surface area contributed by atoms with Crippen LogP contribution < -0.4 is 11.1 Å². The monoisotopic (exact) mass is 398 g/mol. The van der Waals surface area contributed by atoms with Gasteiger partial charge in [0.05, 0.1) is 23.1 Å². The molecule has 4 rings (SSSR count). The molecule has 1 N–H and O–H groups in total. The number of nitrogens with one attached hydrogen (secondary N) is 1. The van der Waals surface area contributed by atoms with Gasteiger partial charge in [0.2, 0.25) is 5.91 Å². The molecule has 0 spiro atoms. The molecular weight excluding hydrogens is 387 g/mol. The lowest BCUT2D eigenvalue weighted by Gasteiger charge is -2.07. The van der Waals surface area contributed by atoms with Crippen LogP contribution in [0.25, 0.3) is 28.0 Å². The Morgan fingerprint density at radius 1 is 1.21 bits per heavy atom. The Morgan fingerprint density at radius 3 is 2.82 bits per heavy atom. The number of nitrogens with zero attached hydrogens (tertiary/aromatic N) is 3. The molecule has 0 unspecified atom stereocenters. The molecule has 0 aliphatic carbocycles. The summed E-state index contributed by atoms with van der Waals surface area (Å²) >= 11 is 5.97. The first-order valence-electron chi connectivity index (χ1n) is 8.13. The largest absolute Gasteiger partial charge is 0.424 e. The Bertz CT molecular complexity index is 1280. The van der Waals surface area contributed by atoms with Gasteiger partial charge in [0.15, 0.2) is 5.58 Å². The zero-order valence-corrected chi connectivity index (χ0v) is 15.2. The maximum atomic E-state index is 14.2. The highest BCUT2D eigenvalue weighted by atomic mass is 35.5. The van der Waals surface area contributed by atoms with E-state index in [2.05, 4.69) is 15.3 Å². The van der Waals surface area contributed by atoms with Crippen molar-refractivity contribution in [3.8, 4) is 16.9 Å². The van der Waals surface area contributed by atoms with Gasteiger partial charge in [0, 0.05) is 29.8 Å². The number of rotatable bonds is 3. The van der Waals surface area contributed by atoms with E-state index in [1.165, 1.54) is 54.2 Å². The van der Waals surface area contributed by atoms with Crippen LogP contribution in [0.2, 0.25) is 5.02 Å². The Balaban J connectivity index is 1.90. The quantitative estimate of drug-likeness (QED) is 0.567. The first kappa shape index (κ1) is 17.9. The Hall–Kier alpha value is -3.52. The average molecular weight is 399 g/mol. The standard InChI is InChI=1S/C19H12ClFN4O3/c1-10(26)24-18-7-12(4-5-22-18)25-16-8-15(23-9-17(16)28-19(25)27)13-6-11(20)2-3-14(13)21/h2-9H,1H3,(H,22,24,26). The number of hydrogen-bond acceptors (Lipinski definition) is 5. The van der Waals surface area contributed by atoms with Gasteiger partial charge in [-0.1, -0.05) is 11.6 Å². The van der Waals surface area contributed by atoms with Gasteiger partial charge in [-0.15, -0.1) is 0 Å². The van der Waals surface area contributed by atoms with Crippen LogP contribution in [0.1, 0.15) is 6.92 Å². The van der Waals surface area contributed by atoms with Crippen LogP contribution in [-0.2, 0) is 4.79 Å². The first-order chi connectivity index (χ1) is 13.4. The molecule has 4 aromatic rings. The number of carbonyl (C=O) groups is 1. The topological polar surface area (TPSA) is 90.0 Å². The highest BCUT2D eigenvalue weighted by molar-refractivity contribution is 6.30. The smallest absolute Gasteiger partial charge is 0.406 e. The molecule has 7 nitrogen and oxygen atoms in total. The minimum Gasteiger partial charge on any atom is -0.406 e. The molecule has 3 heterocycles. The van der Waals surface area contributed by atoms with E-state index in [4.69, 9.17) is 16.0 Å². The van der Waals surface area contributed by atoms with E-state index in [1.807, 2.05) is 0 Å². The van der Waals surface area contributed by atoms with Crippen molar-refractivity contribution in [3.63, 3.8) is 0 Å². The van der Waals surface area contributed by atoms with Crippen molar-refractivity contribution in [2.75, 3.05) is 5.32 Å². The second kappa shape index (κ2) is 6.90. The van der Waals surface area contributed by atoms with Gasteiger partial charge in [-0.2, -0.15) is 0 Å². The molecule has 0 saturated heterocycles. The molecule has 1 aromatic carbocycles. The van der Waals surface area contributed by atoms with E-state index in [1.54, 1.807) is 6.07 Å². The second-order valence-corrected chi connectivity index (χ2v) is 6.38. The van der Waals surface area contributed by atoms with E-state index in [9.17, 15) is 14.0 Å². The number of benzene rings is 1. The van der Waals surface area contributed by atoms with Gasteiger partial charge < -0.3 is 9.73 Å². The molecule has 0 fully saturated rings. The fourth-order valence-electron chi connectivity index (χ4n) is 2.82. The van der Waals surface area contributed by atoms with Crippen LogP contribution in [0.15, 0.2) is 58.0 Å². The third-order valence-corrected chi connectivity index (χ3v) is 4.21. The van der Waals surface area contributed by atoms with Crippen LogP contribution in [0.4, 0.5) is 10.2 Å². The summed E-state index contributed by atoms with van der Waals surface area (Å²) in [6.45, 7) is 1.35. The van der Waals surface area contributed by atoms with Gasteiger partial charge >= 0.3 is 5.76 Å². The fraction of sp³-hybridized carbons (Fsp3) is 0.0526. The summed E-state index contributed by atoms with van der Waals surface area (Å²) in [7, 11) is 0. The number of halogens is 2. The van der Waals surface area contributed by atoms with Crippen LogP contribution in [0, 0.1) is 5.82 Å². The van der Waals surface area contributed by atoms with Gasteiger partial charge in [-0.3, -0.25) is 9.78 Å². The fourth-order valence-corrected chi connectivity index (χ4v) is 2.99. The van der Waals surface area contributed by atoms with Crippen molar-refractivity contribution < 1.29 is 13.6 Å². The molecule has 0 aliphatic rings. The minimum atomic E-state index is -0.652. The van der Waals surface area contributed by atoms with Crippen LogP contribution in [0.3, 0.4) is 0 Å². The molecule has 3 aromatic heterocycles. The van der Waals surface area contributed by atoms with E-state index in [-0.39, 0.29) is 28.6 Å². The molecule has 0 radical (unpaired) electrons.